The third kappa shape index (κ3) is 2.48. The van der Waals surface area contributed by atoms with E-state index < -0.39 is 11.9 Å². The highest BCUT2D eigenvalue weighted by molar-refractivity contribution is 6.04. The molecule has 0 saturated carbocycles. The Labute approximate surface area is 133 Å². The zero-order valence-corrected chi connectivity index (χ0v) is 12.9. The fourth-order valence-electron chi connectivity index (χ4n) is 3.06. The van der Waals surface area contributed by atoms with Crippen LogP contribution in [0.3, 0.4) is 0 Å². The predicted molar refractivity (Wildman–Crippen MR) is 84.2 cm³/mol. The van der Waals surface area contributed by atoms with Crippen LogP contribution in [0.25, 0.3) is 0 Å². The lowest BCUT2D eigenvalue weighted by Gasteiger charge is -2.30. The van der Waals surface area contributed by atoms with Crippen molar-refractivity contribution in [2.24, 2.45) is 0 Å². The number of benzene rings is 2. The minimum Gasteiger partial charge on any atom is -0.357 e. The Morgan fingerprint density at radius 1 is 1.22 bits per heavy atom. The number of halogens is 1. The van der Waals surface area contributed by atoms with Crippen molar-refractivity contribution in [2.75, 3.05) is 7.05 Å². The van der Waals surface area contributed by atoms with E-state index in [2.05, 4.69) is 5.32 Å². The third-order valence-electron chi connectivity index (χ3n) is 4.25. The van der Waals surface area contributed by atoms with E-state index in [1.54, 1.807) is 0 Å². The maximum absolute atomic E-state index is 13.6. The van der Waals surface area contributed by atoms with Gasteiger partial charge < -0.3 is 10.2 Å². The van der Waals surface area contributed by atoms with Gasteiger partial charge in [0, 0.05) is 12.6 Å². The molecule has 1 aliphatic heterocycles. The van der Waals surface area contributed by atoms with Crippen LogP contribution in [0.1, 0.15) is 40.5 Å². The van der Waals surface area contributed by atoms with Crippen LogP contribution in [-0.4, -0.2) is 23.8 Å². The summed E-state index contributed by atoms with van der Waals surface area (Å²) in [7, 11) is 1.51. The standard InChI is InChI=1S/C18H17FN2O2/c1-11(12-6-4-3-5-7-12)21-16(17(22)20-2)15-10-13(19)8-9-14(15)18(21)23/h3-11,16H,1-2H3,(H,20,22)/t11?,16-/m1/s1. The van der Waals surface area contributed by atoms with Crippen LogP contribution in [0.2, 0.25) is 0 Å². The smallest absolute Gasteiger partial charge is 0.255 e. The number of likely N-dealkylation sites (N-methyl/N-ethyl adjacent to an activating group) is 1. The van der Waals surface area contributed by atoms with E-state index in [9.17, 15) is 14.0 Å². The van der Waals surface area contributed by atoms with Crippen molar-refractivity contribution in [3.63, 3.8) is 0 Å². The molecule has 0 aromatic heterocycles. The summed E-state index contributed by atoms with van der Waals surface area (Å²) in [6, 6.07) is 12.3. The third-order valence-corrected chi connectivity index (χ3v) is 4.25. The van der Waals surface area contributed by atoms with Gasteiger partial charge in [-0.05, 0) is 36.2 Å². The molecule has 5 heteroatoms. The van der Waals surface area contributed by atoms with Crippen molar-refractivity contribution in [3.8, 4) is 0 Å². The van der Waals surface area contributed by atoms with E-state index in [1.807, 2.05) is 37.3 Å². The molecule has 0 saturated heterocycles. The monoisotopic (exact) mass is 312 g/mol. The lowest BCUT2D eigenvalue weighted by Crippen LogP contribution is -2.39. The van der Waals surface area contributed by atoms with Gasteiger partial charge in [0.1, 0.15) is 11.9 Å². The van der Waals surface area contributed by atoms with Crippen molar-refractivity contribution >= 4 is 11.8 Å². The van der Waals surface area contributed by atoms with Gasteiger partial charge in [-0.25, -0.2) is 4.39 Å². The number of nitrogens with zero attached hydrogens (tertiary/aromatic N) is 1. The van der Waals surface area contributed by atoms with Crippen molar-refractivity contribution in [1.82, 2.24) is 10.2 Å². The second-order valence-corrected chi connectivity index (χ2v) is 5.55. The lowest BCUT2D eigenvalue weighted by atomic mass is 10.0. The van der Waals surface area contributed by atoms with Crippen LogP contribution < -0.4 is 5.32 Å². The molecular formula is C18H17FN2O2. The summed E-state index contributed by atoms with van der Waals surface area (Å²) in [4.78, 5) is 26.6. The van der Waals surface area contributed by atoms with Gasteiger partial charge in [0.15, 0.2) is 0 Å². The summed E-state index contributed by atoms with van der Waals surface area (Å²) in [6.45, 7) is 1.87. The van der Waals surface area contributed by atoms with Gasteiger partial charge in [-0.15, -0.1) is 0 Å². The zero-order valence-electron chi connectivity index (χ0n) is 12.9. The van der Waals surface area contributed by atoms with E-state index in [4.69, 9.17) is 0 Å². The molecule has 118 valence electrons. The van der Waals surface area contributed by atoms with Crippen LogP contribution in [0, 0.1) is 5.82 Å². The van der Waals surface area contributed by atoms with Crippen LogP contribution >= 0.6 is 0 Å². The molecule has 0 fully saturated rings. The predicted octanol–water partition coefficient (Wildman–Crippen LogP) is 2.83. The summed E-state index contributed by atoms with van der Waals surface area (Å²) in [6.07, 6.45) is 0. The molecule has 1 heterocycles. The van der Waals surface area contributed by atoms with Gasteiger partial charge in [-0.3, -0.25) is 9.59 Å². The fourth-order valence-corrected chi connectivity index (χ4v) is 3.06. The molecular weight excluding hydrogens is 295 g/mol. The Morgan fingerprint density at radius 2 is 1.91 bits per heavy atom. The quantitative estimate of drug-likeness (QED) is 0.947. The lowest BCUT2D eigenvalue weighted by molar-refractivity contribution is -0.125. The molecule has 1 unspecified atom stereocenters. The molecule has 1 aliphatic rings. The molecule has 2 aromatic rings. The van der Waals surface area contributed by atoms with Crippen molar-refractivity contribution in [3.05, 3.63) is 71.0 Å². The highest BCUT2D eigenvalue weighted by atomic mass is 19.1. The molecule has 2 aromatic carbocycles. The molecule has 4 nitrogen and oxygen atoms in total. The first-order valence-corrected chi connectivity index (χ1v) is 7.43. The molecule has 1 N–H and O–H groups in total. The van der Waals surface area contributed by atoms with Crippen LogP contribution in [0.5, 0.6) is 0 Å². The Morgan fingerprint density at radius 3 is 2.57 bits per heavy atom. The summed E-state index contributed by atoms with van der Waals surface area (Å²) < 4.78 is 13.6. The van der Waals surface area contributed by atoms with Gasteiger partial charge in [0.2, 0.25) is 5.91 Å². The Kier molecular flexibility index (Phi) is 3.86. The highest BCUT2D eigenvalue weighted by Crippen LogP contribution is 2.40. The summed E-state index contributed by atoms with van der Waals surface area (Å²) in [5, 5.41) is 2.57. The number of carbonyl (C=O) groups excluding carboxylic acids is 2. The molecule has 2 atom stereocenters. The summed E-state index contributed by atoms with van der Waals surface area (Å²) in [5.41, 5.74) is 1.71. The summed E-state index contributed by atoms with van der Waals surface area (Å²) >= 11 is 0. The van der Waals surface area contributed by atoms with Crippen molar-refractivity contribution < 1.29 is 14.0 Å². The summed E-state index contributed by atoms with van der Waals surface area (Å²) in [5.74, 6) is -1.05. The molecule has 3 rings (SSSR count). The van der Waals surface area contributed by atoms with Crippen molar-refractivity contribution in [1.29, 1.82) is 0 Å². The van der Waals surface area contributed by atoms with Crippen LogP contribution in [0.15, 0.2) is 48.5 Å². The normalized spacial score (nSPS) is 17.8. The SMILES string of the molecule is CNC(=O)[C@H]1c2cc(F)ccc2C(=O)N1C(C)c1ccccc1. The molecule has 0 aliphatic carbocycles. The van der Waals surface area contributed by atoms with E-state index in [0.717, 1.165) is 5.56 Å². The van der Waals surface area contributed by atoms with Crippen LogP contribution in [0.4, 0.5) is 4.39 Å². The fraction of sp³-hybridized carbons (Fsp3) is 0.222. The molecule has 0 spiro atoms. The van der Waals surface area contributed by atoms with E-state index in [1.165, 1.54) is 30.1 Å². The van der Waals surface area contributed by atoms with E-state index in [-0.39, 0.29) is 17.9 Å². The first-order chi connectivity index (χ1) is 11.0. The van der Waals surface area contributed by atoms with Gasteiger partial charge in [0.05, 0.1) is 6.04 Å². The Bertz CT molecular complexity index is 761. The number of fused-ring (bicyclic) bond motifs is 1. The second-order valence-electron chi connectivity index (χ2n) is 5.55. The number of amides is 2. The minimum absolute atomic E-state index is 0.259. The highest BCUT2D eigenvalue weighted by Gasteiger charge is 2.43. The average molecular weight is 312 g/mol. The topological polar surface area (TPSA) is 49.4 Å². The Hall–Kier alpha value is -2.69. The minimum atomic E-state index is -0.826. The Balaban J connectivity index is 2.09. The molecule has 2 amide bonds. The first-order valence-electron chi connectivity index (χ1n) is 7.43. The molecule has 0 bridgehead atoms. The van der Waals surface area contributed by atoms with Gasteiger partial charge in [-0.2, -0.15) is 0 Å². The number of rotatable bonds is 3. The number of hydrogen-bond donors (Lipinski definition) is 1. The first kappa shape index (κ1) is 15.2. The average Bonchev–Trinajstić information content (AvgIpc) is 2.86. The number of carbonyl (C=O) groups is 2. The maximum atomic E-state index is 13.6. The van der Waals surface area contributed by atoms with E-state index >= 15 is 0 Å². The van der Waals surface area contributed by atoms with Crippen molar-refractivity contribution in [2.45, 2.75) is 19.0 Å². The zero-order chi connectivity index (χ0) is 16.6. The maximum Gasteiger partial charge on any atom is 0.255 e. The molecule has 0 radical (unpaired) electrons. The largest absolute Gasteiger partial charge is 0.357 e. The van der Waals surface area contributed by atoms with Crippen LogP contribution in [-0.2, 0) is 4.79 Å². The van der Waals surface area contributed by atoms with Gasteiger partial charge >= 0.3 is 0 Å². The number of hydrogen-bond acceptors (Lipinski definition) is 2. The van der Waals surface area contributed by atoms with Gasteiger partial charge in [-0.1, -0.05) is 30.3 Å². The van der Waals surface area contributed by atoms with E-state index in [0.29, 0.717) is 11.1 Å². The molecule has 23 heavy (non-hydrogen) atoms. The number of nitrogens with one attached hydrogen (secondary N) is 1. The van der Waals surface area contributed by atoms with Gasteiger partial charge in [0.25, 0.3) is 5.91 Å². The second kappa shape index (κ2) is 5.83.